The Morgan fingerprint density at radius 3 is 3.00 bits per heavy atom. The molecule has 7 heteroatoms. The molecular formula is C12H12ClN2O4-. The number of nitro groups is 1. The first kappa shape index (κ1) is 13.8. The van der Waals surface area contributed by atoms with E-state index >= 15 is 0 Å². The lowest BCUT2D eigenvalue weighted by Crippen LogP contribution is -2.09. The van der Waals surface area contributed by atoms with Gasteiger partial charge in [-0.3, -0.25) is 15.1 Å². The second-order valence-corrected chi connectivity index (χ2v) is 4.67. The summed E-state index contributed by atoms with van der Waals surface area (Å²) in [5.41, 5.74) is -0.414. The largest absolute Gasteiger partial charge is 0.867 e. The summed E-state index contributed by atoms with van der Waals surface area (Å²) in [5, 5.41) is 22.6. The highest BCUT2D eigenvalue weighted by atomic mass is 35.5. The quantitative estimate of drug-likeness (QED) is 0.480. The zero-order chi connectivity index (χ0) is 13.8. The fourth-order valence-electron chi connectivity index (χ4n) is 1.89. The summed E-state index contributed by atoms with van der Waals surface area (Å²) in [6.45, 7) is 1.18. The minimum absolute atomic E-state index is 0.0699. The van der Waals surface area contributed by atoms with Crippen molar-refractivity contribution in [1.29, 1.82) is 0 Å². The zero-order valence-corrected chi connectivity index (χ0v) is 10.8. The lowest BCUT2D eigenvalue weighted by atomic mass is 10.2. The number of ether oxygens (including phenoxy) is 1. The number of hydrogen-bond donors (Lipinski definition) is 0. The molecule has 102 valence electrons. The van der Waals surface area contributed by atoms with Gasteiger partial charge in [0.2, 0.25) is 0 Å². The van der Waals surface area contributed by atoms with Gasteiger partial charge in [-0.25, -0.2) is 0 Å². The van der Waals surface area contributed by atoms with E-state index in [-0.39, 0.29) is 16.7 Å². The lowest BCUT2D eigenvalue weighted by molar-refractivity contribution is -0.398. The van der Waals surface area contributed by atoms with E-state index in [9.17, 15) is 15.2 Å². The van der Waals surface area contributed by atoms with Gasteiger partial charge in [-0.05, 0) is 30.2 Å². The highest BCUT2D eigenvalue weighted by Gasteiger charge is 2.14. The van der Waals surface area contributed by atoms with Crippen LogP contribution in [0.5, 0.6) is 5.75 Å². The van der Waals surface area contributed by atoms with Crippen molar-refractivity contribution in [2.75, 3.05) is 13.2 Å². The molecule has 1 saturated heterocycles. The molecule has 0 bridgehead atoms. The van der Waals surface area contributed by atoms with Crippen LogP contribution in [-0.4, -0.2) is 30.4 Å². The molecule has 1 aliphatic heterocycles. The molecule has 1 aromatic rings. The van der Waals surface area contributed by atoms with Crippen LogP contribution in [0.2, 0.25) is 5.02 Å². The van der Waals surface area contributed by atoms with Crippen molar-refractivity contribution in [3.05, 3.63) is 32.8 Å². The van der Waals surface area contributed by atoms with Gasteiger partial charge in [0.15, 0.2) is 0 Å². The van der Waals surface area contributed by atoms with E-state index in [2.05, 4.69) is 4.99 Å². The van der Waals surface area contributed by atoms with Crippen LogP contribution in [0.15, 0.2) is 17.1 Å². The van der Waals surface area contributed by atoms with Crippen LogP contribution in [-0.2, 0) is 4.74 Å². The highest BCUT2D eigenvalue weighted by Crippen LogP contribution is 2.30. The number of hydrogen-bond acceptors (Lipinski definition) is 5. The topological polar surface area (TPSA) is 87.8 Å². The van der Waals surface area contributed by atoms with Gasteiger partial charge >= 0.3 is 0 Å². The van der Waals surface area contributed by atoms with Gasteiger partial charge in [0, 0.05) is 23.9 Å². The standard InChI is InChI=1S/C12H13ClN2O4/c13-9-4-8(12(16)11(5-9)15(17)18)6-14-7-10-2-1-3-19-10/h4-6,10,16H,1-3,7H2/p-1/t10-/m1/s1. The third-order valence-electron chi connectivity index (χ3n) is 2.82. The Morgan fingerprint density at radius 1 is 1.58 bits per heavy atom. The Balaban J connectivity index is 2.14. The molecule has 1 aliphatic rings. The molecule has 0 N–H and O–H groups in total. The average molecular weight is 284 g/mol. The molecule has 2 rings (SSSR count). The maximum absolute atomic E-state index is 11.8. The van der Waals surface area contributed by atoms with Crippen LogP contribution in [0.25, 0.3) is 0 Å². The Labute approximate surface area is 114 Å². The monoisotopic (exact) mass is 283 g/mol. The Morgan fingerprint density at radius 2 is 2.37 bits per heavy atom. The van der Waals surface area contributed by atoms with Gasteiger partial charge in [-0.15, -0.1) is 0 Å². The Bertz CT molecular complexity index is 513. The van der Waals surface area contributed by atoms with Gasteiger partial charge in [0.25, 0.3) is 5.69 Å². The maximum Gasteiger partial charge on any atom is 0.263 e. The molecule has 0 radical (unpaired) electrons. The summed E-state index contributed by atoms with van der Waals surface area (Å²) in [6, 6.07) is 2.41. The molecule has 1 aromatic carbocycles. The van der Waals surface area contributed by atoms with Crippen LogP contribution in [0.3, 0.4) is 0 Å². The summed E-state index contributed by atoms with van der Waals surface area (Å²) in [6.07, 6.45) is 3.34. The van der Waals surface area contributed by atoms with Crippen molar-refractivity contribution >= 4 is 23.5 Å². The number of halogens is 1. The molecule has 0 spiro atoms. The summed E-state index contributed by atoms with van der Waals surface area (Å²) in [4.78, 5) is 14.0. The van der Waals surface area contributed by atoms with Crippen LogP contribution in [0.1, 0.15) is 18.4 Å². The first-order chi connectivity index (χ1) is 9.08. The van der Waals surface area contributed by atoms with E-state index in [1.54, 1.807) is 0 Å². The minimum Gasteiger partial charge on any atom is -0.867 e. The van der Waals surface area contributed by atoms with E-state index in [0.717, 1.165) is 25.5 Å². The third kappa shape index (κ3) is 3.42. The second kappa shape index (κ2) is 5.99. The second-order valence-electron chi connectivity index (χ2n) is 4.23. The van der Waals surface area contributed by atoms with Crippen LogP contribution in [0, 0.1) is 10.1 Å². The summed E-state index contributed by atoms with van der Waals surface area (Å²) in [5.74, 6) is -0.675. The van der Waals surface area contributed by atoms with E-state index in [1.165, 1.54) is 12.3 Å². The molecule has 6 nitrogen and oxygen atoms in total. The highest BCUT2D eigenvalue weighted by molar-refractivity contribution is 6.31. The van der Waals surface area contributed by atoms with Crippen molar-refractivity contribution in [1.82, 2.24) is 0 Å². The van der Waals surface area contributed by atoms with Crippen molar-refractivity contribution in [2.24, 2.45) is 4.99 Å². The molecule has 1 fully saturated rings. The smallest absolute Gasteiger partial charge is 0.263 e. The molecule has 0 amide bonds. The molecule has 1 atom stereocenters. The molecule has 19 heavy (non-hydrogen) atoms. The van der Waals surface area contributed by atoms with Crippen molar-refractivity contribution in [3.63, 3.8) is 0 Å². The number of nitrogens with zero attached hydrogens (tertiary/aromatic N) is 2. The Hall–Kier alpha value is -1.66. The fraction of sp³-hybridized carbons (Fsp3) is 0.417. The fourth-order valence-corrected chi connectivity index (χ4v) is 2.11. The third-order valence-corrected chi connectivity index (χ3v) is 3.04. The van der Waals surface area contributed by atoms with Crippen molar-refractivity contribution in [2.45, 2.75) is 18.9 Å². The summed E-state index contributed by atoms with van der Waals surface area (Å²) < 4.78 is 5.38. The number of nitro benzene ring substituents is 1. The number of benzene rings is 1. The van der Waals surface area contributed by atoms with Crippen molar-refractivity contribution in [3.8, 4) is 5.75 Å². The van der Waals surface area contributed by atoms with Crippen LogP contribution in [0.4, 0.5) is 5.69 Å². The molecule has 1 heterocycles. The van der Waals surface area contributed by atoms with Gasteiger partial charge in [0.05, 0.1) is 17.6 Å². The SMILES string of the molecule is O=[N+]([O-])c1cc(Cl)cc(C=NC[C@H]2CCCO2)c1[O-]. The first-order valence-electron chi connectivity index (χ1n) is 5.84. The van der Waals surface area contributed by atoms with Crippen LogP contribution < -0.4 is 5.11 Å². The van der Waals surface area contributed by atoms with E-state index in [0.29, 0.717) is 6.54 Å². The van der Waals surface area contributed by atoms with Crippen molar-refractivity contribution < 1.29 is 14.8 Å². The van der Waals surface area contributed by atoms with E-state index < -0.39 is 16.4 Å². The predicted molar refractivity (Wildman–Crippen MR) is 69.0 cm³/mol. The normalized spacial score (nSPS) is 19.1. The molecule has 0 aromatic heterocycles. The zero-order valence-electron chi connectivity index (χ0n) is 10.0. The molecular weight excluding hydrogens is 272 g/mol. The van der Waals surface area contributed by atoms with E-state index in [1.807, 2.05) is 0 Å². The first-order valence-corrected chi connectivity index (χ1v) is 6.22. The summed E-state index contributed by atoms with van der Waals surface area (Å²) >= 11 is 5.74. The average Bonchev–Trinajstić information content (AvgIpc) is 2.86. The maximum atomic E-state index is 11.8. The molecule has 0 unspecified atom stereocenters. The van der Waals surface area contributed by atoms with Crippen LogP contribution >= 0.6 is 11.6 Å². The van der Waals surface area contributed by atoms with Gasteiger partial charge in [-0.1, -0.05) is 11.6 Å². The number of rotatable bonds is 4. The van der Waals surface area contributed by atoms with E-state index in [4.69, 9.17) is 16.3 Å². The summed E-state index contributed by atoms with van der Waals surface area (Å²) in [7, 11) is 0. The lowest BCUT2D eigenvalue weighted by Gasteiger charge is -2.11. The minimum atomic E-state index is -0.744. The Kier molecular flexibility index (Phi) is 4.34. The molecule has 0 saturated carbocycles. The van der Waals surface area contributed by atoms with Gasteiger partial charge in [-0.2, -0.15) is 0 Å². The van der Waals surface area contributed by atoms with Gasteiger partial charge < -0.3 is 9.84 Å². The van der Waals surface area contributed by atoms with Gasteiger partial charge in [0.1, 0.15) is 0 Å². The predicted octanol–water partition coefficient (Wildman–Crippen LogP) is 1.92. The number of aliphatic imine (C=N–C) groups is 1. The molecule has 0 aliphatic carbocycles.